The zero-order chi connectivity index (χ0) is 20.0. The van der Waals surface area contributed by atoms with Crippen molar-refractivity contribution in [2.75, 3.05) is 5.32 Å². The Morgan fingerprint density at radius 1 is 1.28 bits per heavy atom. The van der Waals surface area contributed by atoms with E-state index in [1.165, 1.54) is 0 Å². The highest BCUT2D eigenvalue weighted by Crippen LogP contribution is 2.36. The molecule has 1 saturated carbocycles. The minimum atomic E-state index is -0.285. The van der Waals surface area contributed by atoms with Gasteiger partial charge in [0.25, 0.3) is 5.56 Å². The summed E-state index contributed by atoms with van der Waals surface area (Å²) >= 11 is 0. The monoisotopic (exact) mass is 385 g/mol. The summed E-state index contributed by atoms with van der Waals surface area (Å²) in [5, 5.41) is 13.2. The van der Waals surface area contributed by atoms with Gasteiger partial charge in [-0.25, -0.2) is 9.97 Å². The van der Waals surface area contributed by atoms with E-state index < -0.39 is 0 Å². The molecule has 1 aromatic carbocycles. The molecule has 2 unspecified atom stereocenters. The number of fused-ring (bicyclic) bond motifs is 2. The summed E-state index contributed by atoms with van der Waals surface area (Å²) in [6.07, 6.45) is 4.67. The second-order valence-corrected chi connectivity index (χ2v) is 7.52. The van der Waals surface area contributed by atoms with Gasteiger partial charge >= 0.3 is 0 Å². The lowest BCUT2D eigenvalue weighted by Crippen LogP contribution is -2.29. The first kappa shape index (κ1) is 17.4. The Hall–Kier alpha value is -3.73. The molecular formula is C21H19N7O. The zero-order valence-electron chi connectivity index (χ0n) is 15.9. The van der Waals surface area contributed by atoms with Gasteiger partial charge in [0.05, 0.1) is 11.0 Å². The molecule has 3 aromatic heterocycles. The number of pyridine rings is 1. The van der Waals surface area contributed by atoms with Crippen LogP contribution in [0.5, 0.6) is 0 Å². The molecule has 3 heterocycles. The molecule has 4 aromatic rings. The number of benzene rings is 1. The van der Waals surface area contributed by atoms with Crippen molar-refractivity contribution < 1.29 is 0 Å². The number of imidazole rings is 1. The van der Waals surface area contributed by atoms with E-state index in [0.29, 0.717) is 28.8 Å². The van der Waals surface area contributed by atoms with E-state index in [1.54, 1.807) is 16.8 Å². The molecule has 0 spiro atoms. The topological polar surface area (TPSA) is 112 Å². The first-order chi connectivity index (χ1) is 14.1. The van der Waals surface area contributed by atoms with Crippen LogP contribution in [-0.4, -0.2) is 24.5 Å². The number of rotatable bonds is 3. The van der Waals surface area contributed by atoms with Gasteiger partial charge in [0.1, 0.15) is 17.3 Å². The number of hydrogen-bond donors (Lipinski definition) is 2. The number of aromatic amines is 1. The maximum absolute atomic E-state index is 13.0. The van der Waals surface area contributed by atoms with Crippen molar-refractivity contribution in [1.82, 2.24) is 24.5 Å². The average Bonchev–Trinajstić information content (AvgIpc) is 3.33. The third-order valence-electron chi connectivity index (χ3n) is 5.66. The Morgan fingerprint density at radius 3 is 2.90 bits per heavy atom. The van der Waals surface area contributed by atoms with Crippen LogP contribution in [0.2, 0.25) is 0 Å². The lowest BCUT2D eigenvalue weighted by molar-refractivity contribution is 0.406. The van der Waals surface area contributed by atoms with Gasteiger partial charge in [-0.1, -0.05) is 25.5 Å². The second-order valence-electron chi connectivity index (χ2n) is 7.52. The molecule has 2 N–H and O–H groups in total. The summed E-state index contributed by atoms with van der Waals surface area (Å²) in [4.78, 5) is 29.6. The number of nitrogens with zero attached hydrogens (tertiary/aromatic N) is 5. The molecule has 0 saturated heterocycles. The minimum Gasteiger partial charge on any atom is -0.324 e. The van der Waals surface area contributed by atoms with E-state index >= 15 is 0 Å². The van der Waals surface area contributed by atoms with Crippen LogP contribution in [-0.2, 0) is 0 Å². The van der Waals surface area contributed by atoms with Crippen molar-refractivity contribution in [3.63, 3.8) is 0 Å². The lowest BCUT2D eigenvalue weighted by Gasteiger charge is -2.21. The molecular weight excluding hydrogens is 366 g/mol. The molecule has 0 aliphatic heterocycles. The van der Waals surface area contributed by atoms with Gasteiger partial charge in [-0.15, -0.1) is 0 Å². The third kappa shape index (κ3) is 2.91. The van der Waals surface area contributed by atoms with E-state index in [1.807, 2.05) is 30.3 Å². The standard InChI is InChI=1S/C21H19N7O/c1-12-5-4-8-17(12)28-18-14(9-13(10-22)19(28)29)11-23-20(26-18)27-21-24-15-6-2-3-7-16(15)25-21/h2-3,6-7,9,11-12,17H,4-5,8H2,1H3,(H2,23,24,25,26,27). The smallest absolute Gasteiger partial charge is 0.270 e. The number of H-pyrrole nitrogens is 1. The molecule has 0 amide bonds. The highest BCUT2D eigenvalue weighted by molar-refractivity contribution is 5.79. The van der Waals surface area contributed by atoms with E-state index in [9.17, 15) is 10.1 Å². The lowest BCUT2D eigenvalue weighted by atomic mass is 10.1. The van der Waals surface area contributed by atoms with Crippen molar-refractivity contribution >= 4 is 34.0 Å². The van der Waals surface area contributed by atoms with Gasteiger partial charge in [-0.05, 0) is 37.0 Å². The molecule has 144 valence electrons. The molecule has 8 nitrogen and oxygen atoms in total. The van der Waals surface area contributed by atoms with Gasteiger partial charge < -0.3 is 4.98 Å². The van der Waals surface area contributed by atoms with Gasteiger partial charge in [0.15, 0.2) is 0 Å². The van der Waals surface area contributed by atoms with Crippen LogP contribution in [0.1, 0.15) is 37.8 Å². The van der Waals surface area contributed by atoms with Crippen LogP contribution in [0, 0.1) is 17.2 Å². The Labute approximate surface area is 166 Å². The van der Waals surface area contributed by atoms with E-state index in [0.717, 1.165) is 30.3 Å². The zero-order valence-corrected chi connectivity index (χ0v) is 15.9. The van der Waals surface area contributed by atoms with Crippen molar-refractivity contribution in [1.29, 1.82) is 5.26 Å². The van der Waals surface area contributed by atoms with Crippen molar-refractivity contribution in [3.05, 3.63) is 52.4 Å². The number of anilines is 2. The third-order valence-corrected chi connectivity index (χ3v) is 5.66. The predicted octanol–water partition coefficient (Wildman–Crippen LogP) is 3.64. The fourth-order valence-corrected chi connectivity index (χ4v) is 4.20. The maximum atomic E-state index is 13.0. The minimum absolute atomic E-state index is 0.0345. The Kier molecular flexibility index (Phi) is 4.02. The van der Waals surface area contributed by atoms with Crippen LogP contribution in [0.4, 0.5) is 11.9 Å². The number of para-hydroxylation sites is 2. The molecule has 29 heavy (non-hydrogen) atoms. The summed E-state index contributed by atoms with van der Waals surface area (Å²) in [6, 6.07) is 11.3. The van der Waals surface area contributed by atoms with Crippen molar-refractivity contribution in [2.24, 2.45) is 5.92 Å². The molecule has 1 aliphatic carbocycles. The molecule has 0 radical (unpaired) electrons. The molecule has 5 rings (SSSR count). The quantitative estimate of drug-likeness (QED) is 0.557. The van der Waals surface area contributed by atoms with Gasteiger partial charge in [-0.3, -0.25) is 14.7 Å². The number of nitrogens with one attached hydrogen (secondary N) is 2. The molecule has 1 fully saturated rings. The summed E-state index contributed by atoms with van der Waals surface area (Å²) < 4.78 is 1.69. The van der Waals surface area contributed by atoms with E-state index in [2.05, 4.69) is 32.2 Å². The predicted molar refractivity (Wildman–Crippen MR) is 110 cm³/mol. The number of hydrogen-bond acceptors (Lipinski definition) is 6. The maximum Gasteiger partial charge on any atom is 0.270 e. The summed E-state index contributed by atoms with van der Waals surface area (Å²) in [5.41, 5.74) is 2.13. The second kappa shape index (κ2) is 6.71. The molecule has 0 bridgehead atoms. The van der Waals surface area contributed by atoms with Crippen LogP contribution < -0.4 is 10.9 Å². The number of aromatic nitrogens is 5. The fourth-order valence-electron chi connectivity index (χ4n) is 4.20. The molecule has 8 heteroatoms. The van der Waals surface area contributed by atoms with Crippen LogP contribution in [0.25, 0.3) is 22.1 Å². The van der Waals surface area contributed by atoms with Crippen molar-refractivity contribution in [3.8, 4) is 6.07 Å². The number of nitriles is 1. The Morgan fingerprint density at radius 2 is 2.14 bits per heavy atom. The first-order valence-electron chi connectivity index (χ1n) is 9.68. The van der Waals surface area contributed by atoms with E-state index in [4.69, 9.17) is 0 Å². The van der Waals surface area contributed by atoms with Crippen LogP contribution in [0.15, 0.2) is 41.3 Å². The summed E-state index contributed by atoms with van der Waals surface area (Å²) in [5.74, 6) is 1.23. The highest BCUT2D eigenvalue weighted by atomic mass is 16.1. The van der Waals surface area contributed by atoms with E-state index in [-0.39, 0.29) is 17.2 Å². The SMILES string of the molecule is CC1CCCC1n1c(=O)c(C#N)cc2cnc(Nc3nc4ccccc4[nH]3)nc21. The van der Waals surface area contributed by atoms with Crippen molar-refractivity contribution in [2.45, 2.75) is 32.2 Å². The first-order valence-corrected chi connectivity index (χ1v) is 9.68. The summed E-state index contributed by atoms with van der Waals surface area (Å²) in [6.45, 7) is 2.14. The average molecular weight is 385 g/mol. The Bertz CT molecular complexity index is 1300. The van der Waals surface area contributed by atoms with Crippen LogP contribution >= 0.6 is 0 Å². The largest absolute Gasteiger partial charge is 0.324 e. The highest BCUT2D eigenvalue weighted by Gasteiger charge is 2.28. The van der Waals surface area contributed by atoms with Gasteiger partial charge in [-0.2, -0.15) is 10.2 Å². The fraction of sp³-hybridized carbons (Fsp3) is 0.286. The van der Waals surface area contributed by atoms with Gasteiger partial charge in [0, 0.05) is 17.6 Å². The van der Waals surface area contributed by atoms with Crippen LogP contribution in [0.3, 0.4) is 0 Å². The Balaban J connectivity index is 1.63. The normalized spacial score (nSPS) is 18.9. The molecule has 2 atom stereocenters. The van der Waals surface area contributed by atoms with Gasteiger partial charge in [0.2, 0.25) is 11.9 Å². The molecule has 1 aliphatic rings. The summed E-state index contributed by atoms with van der Waals surface area (Å²) in [7, 11) is 0.